The number of nitrogens with one attached hydrogen (secondary N) is 2. The molecular formula is C23H25N5O4S. The topological polar surface area (TPSA) is 117 Å². The fourth-order valence-electron chi connectivity index (χ4n) is 2.87. The van der Waals surface area contributed by atoms with E-state index in [9.17, 15) is 9.59 Å². The second-order valence-electron chi connectivity index (χ2n) is 7.24. The maximum atomic E-state index is 12.7. The van der Waals surface area contributed by atoms with Crippen LogP contribution in [-0.2, 0) is 4.74 Å². The number of esters is 1. The molecule has 10 heteroatoms. The lowest BCUT2D eigenvalue weighted by molar-refractivity contribution is 0.0378. The second kappa shape index (κ2) is 10.7. The lowest BCUT2D eigenvalue weighted by Gasteiger charge is -2.21. The van der Waals surface area contributed by atoms with Gasteiger partial charge in [-0.1, -0.05) is 24.1 Å². The van der Waals surface area contributed by atoms with Crippen LogP contribution in [0.2, 0.25) is 0 Å². The Bertz CT molecular complexity index is 1140. The predicted octanol–water partition coefficient (Wildman–Crippen LogP) is 4.94. The van der Waals surface area contributed by atoms with E-state index in [0.29, 0.717) is 5.69 Å². The number of aromatic nitrogens is 2. The first-order valence-electron chi connectivity index (χ1n) is 10.1. The average Bonchev–Trinajstić information content (AvgIpc) is 2.79. The van der Waals surface area contributed by atoms with Gasteiger partial charge in [0.15, 0.2) is 5.82 Å². The largest absolute Gasteiger partial charge is 0.478 e. The molecule has 0 atom stereocenters. The molecule has 1 heterocycles. The Morgan fingerprint density at radius 3 is 2.42 bits per heavy atom. The fourth-order valence-corrected chi connectivity index (χ4v) is 3.23. The number of anilines is 5. The van der Waals surface area contributed by atoms with Crippen molar-refractivity contribution in [2.45, 2.75) is 20.0 Å². The van der Waals surface area contributed by atoms with Gasteiger partial charge in [-0.2, -0.15) is 4.98 Å². The third-order valence-corrected chi connectivity index (χ3v) is 5.25. The number of carboxylic acids is 1. The molecular weight excluding hydrogens is 442 g/mol. The molecule has 0 spiro atoms. The third kappa shape index (κ3) is 6.13. The van der Waals surface area contributed by atoms with E-state index in [2.05, 4.69) is 20.6 Å². The molecule has 0 aliphatic heterocycles. The van der Waals surface area contributed by atoms with Gasteiger partial charge in [0, 0.05) is 25.2 Å². The number of aromatic carboxylic acids is 1. The van der Waals surface area contributed by atoms with Gasteiger partial charge in [-0.3, -0.25) is 0 Å². The summed E-state index contributed by atoms with van der Waals surface area (Å²) in [5.74, 6) is -1.04. The van der Waals surface area contributed by atoms with Crippen LogP contribution < -0.4 is 14.9 Å². The van der Waals surface area contributed by atoms with Crippen molar-refractivity contribution >= 4 is 52.7 Å². The number of carboxylic acid groups (broad SMARTS) is 1. The van der Waals surface area contributed by atoms with Gasteiger partial charge in [0.05, 0.1) is 23.0 Å². The fraction of sp³-hybridized carbons (Fsp3) is 0.217. The molecule has 33 heavy (non-hydrogen) atoms. The Morgan fingerprint density at radius 2 is 1.79 bits per heavy atom. The van der Waals surface area contributed by atoms with Crippen LogP contribution in [0, 0.1) is 0 Å². The molecule has 3 aromatic rings. The number of rotatable bonds is 9. The van der Waals surface area contributed by atoms with Crippen LogP contribution in [0.4, 0.5) is 28.8 Å². The molecule has 0 saturated heterocycles. The minimum absolute atomic E-state index is 0.171. The number of hydrogen-bond acceptors (Lipinski definition) is 9. The van der Waals surface area contributed by atoms with Gasteiger partial charge in [-0.25, -0.2) is 14.6 Å². The van der Waals surface area contributed by atoms with E-state index in [0.717, 1.165) is 11.4 Å². The minimum atomic E-state index is -1.01. The molecule has 3 N–H and O–H groups in total. The average molecular weight is 468 g/mol. The Morgan fingerprint density at radius 1 is 1.09 bits per heavy atom. The standard InChI is InChI=1S/C23H25N5O4S/c1-14(2)32-22(31)17-13-24-23(25-16-11-9-15(10-12-16)21(29)30)27-20(17)26-18-7-5-6-8-19(18)28(3)33-4/h5-14H,1-4H3,(H,29,30)(H2,24,25,26,27). The molecule has 172 valence electrons. The second-order valence-corrected chi connectivity index (χ2v) is 8.15. The summed E-state index contributed by atoms with van der Waals surface area (Å²) in [6.45, 7) is 3.54. The molecule has 0 aliphatic carbocycles. The molecule has 0 saturated carbocycles. The first-order valence-corrected chi connectivity index (χ1v) is 11.3. The molecule has 9 nitrogen and oxygen atoms in total. The van der Waals surface area contributed by atoms with Crippen molar-refractivity contribution in [1.82, 2.24) is 9.97 Å². The van der Waals surface area contributed by atoms with Crippen molar-refractivity contribution in [3.05, 3.63) is 65.9 Å². The van der Waals surface area contributed by atoms with Gasteiger partial charge in [0.1, 0.15) is 5.56 Å². The SMILES string of the molecule is CSN(C)c1ccccc1Nc1nc(Nc2ccc(C(=O)O)cc2)ncc1C(=O)OC(C)C. The minimum Gasteiger partial charge on any atom is -0.478 e. The summed E-state index contributed by atoms with van der Waals surface area (Å²) in [6.07, 6.45) is 3.06. The maximum Gasteiger partial charge on any atom is 0.343 e. The summed E-state index contributed by atoms with van der Waals surface area (Å²) in [4.78, 5) is 32.5. The van der Waals surface area contributed by atoms with Crippen LogP contribution in [0.25, 0.3) is 0 Å². The van der Waals surface area contributed by atoms with Gasteiger partial charge in [-0.15, -0.1) is 0 Å². The number of carbonyl (C=O) groups excluding carboxylic acids is 1. The highest BCUT2D eigenvalue weighted by Gasteiger charge is 2.19. The quantitative estimate of drug-likeness (QED) is 0.295. The van der Waals surface area contributed by atoms with E-state index >= 15 is 0 Å². The Hall–Kier alpha value is -3.79. The van der Waals surface area contributed by atoms with Gasteiger partial charge >= 0.3 is 11.9 Å². The Labute approximate surface area is 196 Å². The first-order chi connectivity index (χ1) is 15.8. The summed E-state index contributed by atoms with van der Waals surface area (Å²) < 4.78 is 7.34. The molecule has 0 fully saturated rings. The summed E-state index contributed by atoms with van der Waals surface area (Å²) in [5.41, 5.74) is 2.63. The van der Waals surface area contributed by atoms with Crippen molar-refractivity contribution in [1.29, 1.82) is 0 Å². The van der Waals surface area contributed by atoms with E-state index in [1.807, 2.05) is 41.9 Å². The molecule has 0 unspecified atom stereocenters. The van der Waals surface area contributed by atoms with Crippen molar-refractivity contribution < 1.29 is 19.4 Å². The first kappa shape index (κ1) is 23.9. The van der Waals surface area contributed by atoms with Crippen LogP contribution >= 0.6 is 11.9 Å². The molecule has 0 radical (unpaired) electrons. The summed E-state index contributed by atoms with van der Waals surface area (Å²) in [7, 11) is 1.94. The Kier molecular flexibility index (Phi) is 7.73. The third-order valence-electron chi connectivity index (χ3n) is 4.51. The molecule has 0 bridgehead atoms. The monoisotopic (exact) mass is 467 g/mol. The molecule has 2 aromatic carbocycles. The van der Waals surface area contributed by atoms with Crippen molar-refractivity contribution in [3.8, 4) is 0 Å². The van der Waals surface area contributed by atoms with E-state index in [-0.39, 0.29) is 29.0 Å². The smallest absolute Gasteiger partial charge is 0.343 e. The number of nitrogens with zero attached hydrogens (tertiary/aromatic N) is 3. The predicted molar refractivity (Wildman–Crippen MR) is 131 cm³/mol. The number of benzene rings is 2. The van der Waals surface area contributed by atoms with Crippen LogP contribution in [0.3, 0.4) is 0 Å². The number of hydrogen-bond donors (Lipinski definition) is 3. The van der Waals surface area contributed by atoms with Crippen molar-refractivity contribution in [2.24, 2.45) is 0 Å². The highest BCUT2D eigenvalue weighted by Crippen LogP contribution is 2.31. The van der Waals surface area contributed by atoms with E-state index < -0.39 is 11.9 Å². The zero-order chi connectivity index (χ0) is 24.0. The van der Waals surface area contributed by atoms with Crippen LogP contribution in [-0.4, -0.2) is 46.4 Å². The summed E-state index contributed by atoms with van der Waals surface area (Å²) in [5, 5.41) is 15.3. The van der Waals surface area contributed by atoms with E-state index in [1.54, 1.807) is 37.9 Å². The molecule has 0 amide bonds. The van der Waals surface area contributed by atoms with Crippen molar-refractivity contribution in [2.75, 3.05) is 28.2 Å². The zero-order valence-electron chi connectivity index (χ0n) is 18.7. The van der Waals surface area contributed by atoms with Gasteiger partial charge in [0.25, 0.3) is 0 Å². The van der Waals surface area contributed by atoms with Gasteiger partial charge in [0.2, 0.25) is 5.95 Å². The lowest BCUT2D eigenvalue weighted by atomic mass is 10.2. The maximum absolute atomic E-state index is 12.7. The lowest BCUT2D eigenvalue weighted by Crippen LogP contribution is -2.16. The van der Waals surface area contributed by atoms with Crippen LogP contribution in [0.5, 0.6) is 0 Å². The Balaban J connectivity index is 1.96. The highest BCUT2D eigenvalue weighted by molar-refractivity contribution is 7.99. The van der Waals surface area contributed by atoms with Gasteiger partial charge < -0.3 is 24.8 Å². The number of para-hydroxylation sites is 2. The number of ether oxygens (including phenoxy) is 1. The zero-order valence-corrected chi connectivity index (χ0v) is 19.5. The van der Waals surface area contributed by atoms with Crippen LogP contribution in [0.1, 0.15) is 34.6 Å². The van der Waals surface area contributed by atoms with E-state index in [4.69, 9.17) is 9.84 Å². The normalized spacial score (nSPS) is 10.6. The number of carbonyl (C=O) groups is 2. The summed E-state index contributed by atoms with van der Waals surface area (Å²) >= 11 is 1.54. The van der Waals surface area contributed by atoms with E-state index in [1.165, 1.54) is 18.3 Å². The molecule has 1 aromatic heterocycles. The molecule has 0 aliphatic rings. The highest BCUT2D eigenvalue weighted by atomic mass is 32.2. The summed E-state index contributed by atoms with van der Waals surface area (Å²) in [6, 6.07) is 13.8. The van der Waals surface area contributed by atoms with Crippen molar-refractivity contribution in [3.63, 3.8) is 0 Å². The molecule has 3 rings (SSSR count). The van der Waals surface area contributed by atoms with Gasteiger partial charge in [-0.05, 0) is 50.2 Å². The van der Waals surface area contributed by atoms with Crippen LogP contribution in [0.15, 0.2) is 54.7 Å².